The van der Waals surface area contributed by atoms with Crippen LogP contribution < -0.4 is 24.8 Å². The summed E-state index contributed by atoms with van der Waals surface area (Å²) >= 11 is 12.2. The minimum atomic E-state index is 0.514. The Morgan fingerprint density at radius 3 is 2.14 bits per heavy atom. The lowest BCUT2D eigenvalue weighted by Crippen LogP contribution is -2.38. The Balaban J connectivity index is 1.98. The van der Waals surface area contributed by atoms with E-state index < -0.39 is 0 Å². The first-order valence-electron chi connectivity index (χ1n) is 8.68. The van der Waals surface area contributed by atoms with Crippen molar-refractivity contribution in [3.63, 3.8) is 0 Å². The summed E-state index contributed by atoms with van der Waals surface area (Å²) in [5.74, 6) is 2.78. The van der Waals surface area contributed by atoms with E-state index in [4.69, 9.17) is 37.4 Å². The number of aromatic nitrogens is 1. The maximum absolute atomic E-state index is 6.10. The fourth-order valence-electron chi connectivity index (χ4n) is 2.78. The molecule has 0 saturated heterocycles. The molecule has 0 bridgehead atoms. The molecule has 0 fully saturated rings. The maximum atomic E-state index is 6.10. The first-order chi connectivity index (χ1) is 13.4. The minimum Gasteiger partial charge on any atom is -0.496 e. The molecular weight excluding hydrogens is 403 g/mol. The van der Waals surface area contributed by atoms with Crippen molar-refractivity contribution in [3.05, 3.63) is 39.6 Å². The van der Waals surface area contributed by atoms with E-state index in [2.05, 4.69) is 15.6 Å². The van der Waals surface area contributed by atoms with Crippen molar-refractivity contribution >= 4 is 29.2 Å². The molecular formula is C19H26Cl2N4O3. The molecule has 1 aromatic carbocycles. The summed E-state index contributed by atoms with van der Waals surface area (Å²) in [4.78, 5) is 4.24. The van der Waals surface area contributed by atoms with Gasteiger partial charge in [-0.1, -0.05) is 23.2 Å². The molecule has 0 aliphatic heterocycles. The number of ether oxygens (including phenoxy) is 3. The molecule has 0 atom stereocenters. The van der Waals surface area contributed by atoms with Gasteiger partial charge in [0, 0.05) is 44.0 Å². The van der Waals surface area contributed by atoms with Crippen LogP contribution in [-0.4, -0.2) is 45.4 Å². The molecule has 9 heteroatoms. The van der Waals surface area contributed by atoms with E-state index in [1.54, 1.807) is 28.4 Å². The molecule has 0 spiro atoms. The van der Waals surface area contributed by atoms with E-state index >= 15 is 0 Å². The molecule has 154 valence electrons. The molecule has 28 heavy (non-hydrogen) atoms. The molecule has 0 aliphatic carbocycles. The highest BCUT2D eigenvalue weighted by atomic mass is 35.5. The first kappa shape index (κ1) is 22.0. The first-order valence-corrected chi connectivity index (χ1v) is 9.43. The second-order valence-corrected chi connectivity index (χ2v) is 6.71. The van der Waals surface area contributed by atoms with E-state index in [0.717, 1.165) is 11.3 Å². The van der Waals surface area contributed by atoms with E-state index in [0.29, 0.717) is 52.9 Å². The van der Waals surface area contributed by atoms with Crippen LogP contribution in [0.4, 0.5) is 0 Å². The van der Waals surface area contributed by atoms with Crippen LogP contribution >= 0.6 is 23.2 Å². The van der Waals surface area contributed by atoms with Crippen LogP contribution in [0.15, 0.2) is 23.2 Å². The predicted octanol–water partition coefficient (Wildman–Crippen LogP) is 3.27. The smallest absolute Gasteiger partial charge is 0.191 e. The van der Waals surface area contributed by atoms with Crippen molar-refractivity contribution in [2.24, 2.45) is 12.0 Å². The third kappa shape index (κ3) is 5.17. The fraction of sp³-hybridized carbons (Fsp3) is 0.421. The zero-order valence-electron chi connectivity index (χ0n) is 16.7. The lowest BCUT2D eigenvalue weighted by molar-refractivity contribution is 0.368. The molecule has 0 radical (unpaired) electrons. The molecule has 0 amide bonds. The summed E-state index contributed by atoms with van der Waals surface area (Å²) in [6.07, 6.45) is 0.679. The average molecular weight is 429 g/mol. The number of methoxy groups -OCH3 is 3. The van der Waals surface area contributed by atoms with Gasteiger partial charge >= 0.3 is 0 Å². The molecule has 7 nitrogen and oxygen atoms in total. The van der Waals surface area contributed by atoms with Crippen molar-refractivity contribution < 1.29 is 14.2 Å². The predicted molar refractivity (Wildman–Crippen MR) is 113 cm³/mol. The fourth-order valence-corrected chi connectivity index (χ4v) is 3.20. The van der Waals surface area contributed by atoms with Crippen molar-refractivity contribution in [2.75, 3.05) is 34.9 Å². The summed E-state index contributed by atoms with van der Waals surface area (Å²) in [6.45, 7) is 1.17. The van der Waals surface area contributed by atoms with Gasteiger partial charge in [-0.25, -0.2) is 0 Å². The number of guanidine groups is 1. The van der Waals surface area contributed by atoms with Crippen molar-refractivity contribution in [3.8, 4) is 17.2 Å². The van der Waals surface area contributed by atoms with Gasteiger partial charge in [0.25, 0.3) is 0 Å². The molecule has 1 aromatic heterocycles. The number of nitrogens with one attached hydrogen (secondary N) is 2. The highest BCUT2D eigenvalue weighted by Gasteiger charge is 2.14. The highest BCUT2D eigenvalue weighted by molar-refractivity contribution is 6.41. The Kier molecular flexibility index (Phi) is 8.14. The Morgan fingerprint density at radius 2 is 1.68 bits per heavy atom. The van der Waals surface area contributed by atoms with Crippen LogP contribution in [0.1, 0.15) is 11.3 Å². The summed E-state index contributed by atoms with van der Waals surface area (Å²) in [5, 5.41) is 7.57. The molecule has 2 N–H and O–H groups in total. The minimum absolute atomic E-state index is 0.514. The molecule has 0 saturated carbocycles. The Labute approximate surface area is 175 Å². The highest BCUT2D eigenvalue weighted by Crippen LogP contribution is 2.34. The van der Waals surface area contributed by atoms with E-state index in [1.165, 1.54) is 0 Å². The van der Waals surface area contributed by atoms with Crippen LogP contribution in [0.2, 0.25) is 10.2 Å². The van der Waals surface area contributed by atoms with E-state index in [1.807, 2.05) is 29.8 Å². The van der Waals surface area contributed by atoms with E-state index in [9.17, 15) is 0 Å². The number of hydrogen-bond donors (Lipinski definition) is 2. The van der Waals surface area contributed by atoms with Crippen molar-refractivity contribution in [1.82, 2.24) is 15.2 Å². The van der Waals surface area contributed by atoms with Gasteiger partial charge < -0.3 is 29.4 Å². The molecule has 2 aromatic rings. The Morgan fingerprint density at radius 1 is 1.04 bits per heavy atom. The van der Waals surface area contributed by atoms with Crippen LogP contribution in [0.3, 0.4) is 0 Å². The van der Waals surface area contributed by atoms with Gasteiger partial charge in [0.15, 0.2) is 5.96 Å². The largest absolute Gasteiger partial charge is 0.496 e. The number of aliphatic imine (C=N–C) groups is 1. The number of hydrogen-bond acceptors (Lipinski definition) is 4. The zero-order valence-corrected chi connectivity index (χ0v) is 18.2. The normalized spacial score (nSPS) is 11.3. The van der Waals surface area contributed by atoms with Gasteiger partial charge in [0.2, 0.25) is 0 Å². The summed E-state index contributed by atoms with van der Waals surface area (Å²) < 4.78 is 18.1. The van der Waals surface area contributed by atoms with Gasteiger partial charge in [-0.2, -0.15) is 0 Å². The number of benzene rings is 1. The van der Waals surface area contributed by atoms with Gasteiger partial charge in [0.05, 0.1) is 32.9 Å². The zero-order chi connectivity index (χ0) is 20.7. The second kappa shape index (κ2) is 10.3. The summed E-state index contributed by atoms with van der Waals surface area (Å²) in [7, 11) is 8.44. The lowest BCUT2D eigenvalue weighted by atomic mass is 10.1. The van der Waals surface area contributed by atoms with Crippen LogP contribution in [-0.2, 0) is 20.0 Å². The number of rotatable bonds is 8. The van der Waals surface area contributed by atoms with Gasteiger partial charge in [-0.3, -0.25) is 4.99 Å². The number of halogens is 2. The Hall–Kier alpha value is -2.25. The van der Waals surface area contributed by atoms with Crippen LogP contribution in [0.5, 0.6) is 17.2 Å². The molecule has 0 unspecified atom stereocenters. The third-order valence-electron chi connectivity index (χ3n) is 4.36. The average Bonchev–Trinajstić information content (AvgIpc) is 2.96. The third-order valence-corrected chi connectivity index (χ3v) is 5.20. The van der Waals surface area contributed by atoms with Gasteiger partial charge in [-0.05, 0) is 12.5 Å². The lowest BCUT2D eigenvalue weighted by Gasteiger charge is -2.16. The standard InChI is InChI=1S/C19H26Cl2N4O3/c1-22-19(24-11-12-8-15(20)18(21)25(12)2)23-7-6-14-16(27-4)9-13(26-3)10-17(14)28-5/h8-10H,6-7,11H2,1-5H3,(H2,22,23,24). The van der Waals surface area contributed by atoms with Gasteiger partial charge in [0.1, 0.15) is 22.4 Å². The monoisotopic (exact) mass is 428 g/mol. The van der Waals surface area contributed by atoms with Crippen LogP contribution in [0, 0.1) is 0 Å². The maximum Gasteiger partial charge on any atom is 0.191 e. The summed E-state index contributed by atoms with van der Waals surface area (Å²) in [5.41, 5.74) is 1.91. The quantitative estimate of drug-likeness (QED) is 0.498. The summed E-state index contributed by atoms with van der Waals surface area (Å²) in [6, 6.07) is 5.51. The topological polar surface area (TPSA) is 69.0 Å². The number of nitrogens with zero attached hydrogens (tertiary/aromatic N) is 2. The molecule has 0 aliphatic rings. The van der Waals surface area contributed by atoms with Crippen molar-refractivity contribution in [2.45, 2.75) is 13.0 Å². The van der Waals surface area contributed by atoms with E-state index in [-0.39, 0.29) is 0 Å². The molecule has 2 rings (SSSR count). The van der Waals surface area contributed by atoms with Crippen LogP contribution in [0.25, 0.3) is 0 Å². The van der Waals surface area contributed by atoms with Crippen molar-refractivity contribution in [1.29, 1.82) is 0 Å². The second-order valence-electron chi connectivity index (χ2n) is 5.95. The van der Waals surface area contributed by atoms with Gasteiger partial charge in [-0.15, -0.1) is 0 Å². The molecule has 1 heterocycles. The Bertz CT molecular complexity index is 812. The SMILES string of the molecule is CN=C(NCCc1c(OC)cc(OC)cc1OC)NCc1cc(Cl)c(Cl)n1C.